The highest BCUT2D eigenvalue weighted by atomic mass is 32.2. The van der Waals surface area contributed by atoms with Gasteiger partial charge in [0.15, 0.2) is 11.0 Å². The van der Waals surface area contributed by atoms with E-state index in [2.05, 4.69) is 20.8 Å². The quantitative estimate of drug-likeness (QED) is 0.461. The van der Waals surface area contributed by atoms with Crippen molar-refractivity contribution in [3.63, 3.8) is 0 Å². The lowest BCUT2D eigenvalue weighted by Gasteiger charge is -2.21. The van der Waals surface area contributed by atoms with Crippen LogP contribution in [0, 0.1) is 11.7 Å². The molecule has 1 aromatic heterocycles. The summed E-state index contributed by atoms with van der Waals surface area (Å²) in [7, 11) is 3.35. The van der Waals surface area contributed by atoms with Gasteiger partial charge in [-0.1, -0.05) is 37.7 Å². The third kappa shape index (κ3) is 6.10. The van der Waals surface area contributed by atoms with Crippen LogP contribution < -0.4 is 15.4 Å². The molecule has 0 aliphatic rings. The molecule has 0 saturated carbocycles. The van der Waals surface area contributed by atoms with Crippen LogP contribution in [0.3, 0.4) is 0 Å². The van der Waals surface area contributed by atoms with Crippen LogP contribution in [0.1, 0.15) is 36.1 Å². The Labute approximate surface area is 195 Å². The first kappa shape index (κ1) is 24.2. The molecule has 2 N–H and O–H groups in total. The molecule has 0 aliphatic carbocycles. The highest BCUT2D eigenvalue weighted by Gasteiger charge is 2.25. The van der Waals surface area contributed by atoms with Crippen molar-refractivity contribution in [2.24, 2.45) is 13.0 Å². The number of carbonyl (C=O) groups excluding carboxylic acids is 2. The Balaban J connectivity index is 1.66. The lowest BCUT2D eigenvalue weighted by molar-refractivity contribution is -0.113. The van der Waals surface area contributed by atoms with E-state index in [0.29, 0.717) is 22.3 Å². The van der Waals surface area contributed by atoms with Gasteiger partial charge in [-0.2, -0.15) is 0 Å². The van der Waals surface area contributed by atoms with Crippen LogP contribution in [0.2, 0.25) is 0 Å². The minimum absolute atomic E-state index is 0.0326. The van der Waals surface area contributed by atoms with Crippen LogP contribution in [-0.4, -0.2) is 39.4 Å². The number of anilines is 1. The first-order valence-electron chi connectivity index (χ1n) is 10.3. The molecular weight excluding hydrogens is 445 g/mol. The Hall–Kier alpha value is -3.40. The van der Waals surface area contributed by atoms with E-state index >= 15 is 0 Å². The number of aromatic nitrogens is 3. The molecular formula is C23H26FN5O3S. The van der Waals surface area contributed by atoms with E-state index in [0.717, 1.165) is 0 Å². The molecule has 0 bridgehead atoms. The van der Waals surface area contributed by atoms with Gasteiger partial charge in [0.2, 0.25) is 5.91 Å². The fraction of sp³-hybridized carbons (Fsp3) is 0.304. The normalized spacial score (nSPS) is 11.8. The monoisotopic (exact) mass is 471 g/mol. The fourth-order valence-corrected chi connectivity index (χ4v) is 3.82. The Morgan fingerprint density at radius 1 is 1.12 bits per heavy atom. The molecule has 0 spiro atoms. The molecule has 0 unspecified atom stereocenters. The standard InChI is InChI=1S/C23H26FN5O3S/c1-14(2)20(26-22(31)15-9-11-16(32-4)12-10-15)21-27-28-23(29(21)3)33-13-19(30)25-18-8-6-5-7-17(18)24/h5-12,14,20H,13H2,1-4H3,(H,25,30)(H,26,31)/t20-/m0/s1. The SMILES string of the molecule is COc1ccc(C(=O)N[C@H](c2nnc(SCC(=O)Nc3ccccc3F)n2C)C(C)C)cc1. The minimum Gasteiger partial charge on any atom is -0.497 e. The van der Waals surface area contributed by atoms with Crippen molar-refractivity contribution in [1.29, 1.82) is 0 Å². The van der Waals surface area contributed by atoms with Crippen molar-refractivity contribution >= 4 is 29.3 Å². The van der Waals surface area contributed by atoms with Crippen LogP contribution in [0.25, 0.3) is 0 Å². The van der Waals surface area contributed by atoms with Crippen molar-refractivity contribution in [3.05, 3.63) is 65.7 Å². The van der Waals surface area contributed by atoms with Gasteiger partial charge in [0.05, 0.1) is 24.6 Å². The van der Waals surface area contributed by atoms with Gasteiger partial charge in [0.25, 0.3) is 5.91 Å². The van der Waals surface area contributed by atoms with E-state index in [-0.39, 0.29) is 29.2 Å². The van der Waals surface area contributed by atoms with Crippen molar-refractivity contribution in [2.45, 2.75) is 25.0 Å². The first-order valence-corrected chi connectivity index (χ1v) is 11.3. The van der Waals surface area contributed by atoms with Gasteiger partial charge in [-0.05, 0) is 42.3 Å². The first-order chi connectivity index (χ1) is 15.8. The zero-order chi connectivity index (χ0) is 24.0. The van der Waals surface area contributed by atoms with Crippen molar-refractivity contribution < 1.29 is 18.7 Å². The fourth-order valence-electron chi connectivity index (χ4n) is 3.10. The summed E-state index contributed by atoms with van der Waals surface area (Å²) >= 11 is 1.18. The third-order valence-corrected chi connectivity index (χ3v) is 5.95. The molecule has 3 rings (SSSR count). The highest BCUT2D eigenvalue weighted by Crippen LogP contribution is 2.25. The maximum Gasteiger partial charge on any atom is 0.251 e. The molecule has 0 saturated heterocycles. The summed E-state index contributed by atoms with van der Waals surface area (Å²) in [6, 6.07) is 12.4. The molecule has 0 aliphatic heterocycles. The van der Waals surface area contributed by atoms with Gasteiger partial charge in [0, 0.05) is 12.6 Å². The van der Waals surface area contributed by atoms with E-state index in [9.17, 15) is 14.0 Å². The average molecular weight is 472 g/mol. The summed E-state index contributed by atoms with van der Waals surface area (Å²) in [5.41, 5.74) is 0.630. The number of benzene rings is 2. The second-order valence-corrected chi connectivity index (χ2v) is 8.58. The highest BCUT2D eigenvalue weighted by molar-refractivity contribution is 7.99. The molecule has 10 heteroatoms. The molecule has 174 valence electrons. The van der Waals surface area contributed by atoms with Crippen LogP contribution in [0.5, 0.6) is 5.75 Å². The maximum atomic E-state index is 13.7. The molecule has 0 radical (unpaired) electrons. The van der Waals surface area contributed by atoms with Crippen molar-refractivity contribution in [1.82, 2.24) is 20.1 Å². The van der Waals surface area contributed by atoms with E-state index in [4.69, 9.17) is 4.74 Å². The summed E-state index contributed by atoms with van der Waals surface area (Å²) in [6.45, 7) is 3.95. The predicted octanol–water partition coefficient (Wildman–Crippen LogP) is 3.82. The molecule has 3 aromatic rings. The van der Waals surface area contributed by atoms with Gasteiger partial charge in [-0.25, -0.2) is 4.39 Å². The Bertz CT molecular complexity index is 1120. The molecule has 2 amide bonds. The largest absolute Gasteiger partial charge is 0.497 e. The van der Waals surface area contributed by atoms with Crippen molar-refractivity contribution in [3.8, 4) is 5.75 Å². The number of methoxy groups -OCH3 is 1. The van der Waals surface area contributed by atoms with Crippen LogP contribution >= 0.6 is 11.8 Å². The number of rotatable bonds is 9. The van der Waals surface area contributed by atoms with Gasteiger partial charge in [-0.3, -0.25) is 9.59 Å². The number of hydrogen-bond acceptors (Lipinski definition) is 6. The molecule has 1 atom stereocenters. The van der Waals surface area contributed by atoms with Gasteiger partial charge < -0.3 is 19.9 Å². The summed E-state index contributed by atoms with van der Waals surface area (Å²) < 4.78 is 20.6. The lowest BCUT2D eigenvalue weighted by Crippen LogP contribution is -2.33. The Morgan fingerprint density at radius 3 is 2.45 bits per heavy atom. The number of nitrogens with zero attached hydrogens (tertiary/aromatic N) is 3. The van der Waals surface area contributed by atoms with E-state index in [1.54, 1.807) is 55.1 Å². The van der Waals surface area contributed by atoms with Gasteiger partial charge in [-0.15, -0.1) is 10.2 Å². The second-order valence-electron chi connectivity index (χ2n) is 7.64. The zero-order valence-corrected chi connectivity index (χ0v) is 19.6. The Morgan fingerprint density at radius 2 is 1.82 bits per heavy atom. The van der Waals surface area contributed by atoms with Crippen LogP contribution in [0.15, 0.2) is 53.7 Å². The lowest BCUT2D eigenvalue weighted by atomic mass is 10.0. The van der Waals surface area contributed by atoms with E-state index in [1.165, 1.54) is 23.9 Å². The average Bonchev–Trinajstić information content (AvgIpc) is 3.17. The van der Waals surface area contributed by atoms with E-state index < -0.39 is 11.9 Å². The number of halogens is 1. The maximum absolute atomic E-state index is 13.7. The molecule has 1 heterocycles. The number of hydrogen-bond donors (Lipinski definition) is 2. The van der Waals surface area contributed by atoms with Crippen LogP contribution in [-0.2, 0) is 11.8 Å². The molecule has 33 heavy (non-hydrogen) atoms. The molecule has 8 nitrogen and oxygen atoms in total. The third-order valence-electron chi connectivity index (χ3n) is 4.93. The van der Waals surface area contributed by atoms with Crippen molar-refractivity contribution in [2.75, 3.05) is 18.2 Å². The van der Waals surface area contributed by atoms with Crippen LogP contribution in [0.4, 0.5) is 10.1 Å². The van der Waals surface area contributed by atoms with E-state index in [1.807, 2.05) is 13.8 Å². The summed E-state index contributed by atoms with van der Waals surface area (Å²) in [5, 5.41) is 14.5. The van der Waals surface area contributed by atoms with Gasteiger partial charge >= 0.3 is 0 Å². The van der Waals surface area contributed by atoms with Gasteiger partial charge in [0.1, 0.15) is 11.6 Å². The smallest absolute Gasteiger partial charge is 0.251 e. The summed E-state index contributed by atoms with van der Waals surface area (Å²) in [6.07, 6.45) is 0. The number of ether oxygens (including phenoxy) is 1. The Kier molecular flexibility index (Phi) is 8.05. The number of para-hydroxylation sites is 1. The number of amides is 2. The summed E-state index contributed by atoms with van der Waals surface area (Å²) in [5.74, 6) is 0.220. The zero-order valence-electron chi connectivity index (χ0n) is 18.8. The molecule has 2 aromatic carbocycles. The number of carbonyl (C=O) groups is 2. The number of thioether (sulfide) groups is 1. The second kappa shape index (κ2) is 11.0. The minimum atomic E-state index is -0.496. The molecule has 0 fully saturated rings. The number of nitrogens with one attached hydrogen (secondary N) is 2. The predicted molar refractivity (Wildman–Crippen MR) is 125 cm³/mol. The summed E-state index contributed by atoms with van der Waals surface area (Å²) in [4.78, 5) is 25.0. The topological polar surface area (TPSA) is 98.1 Å².